The number of benzene rings is 1. The van der Waals surface area contributed by atoms with Crippen LogP contribution in [0.2, 0.25) is 0 Å². The van der Waals surface area contributed by atoms with Crippen molar-refractivity contribution in [2.75, 3.05) is 13.6 Å². The fraction of sp³-hybridized carbons (Fsp3) is 0.417. The Kier molecular flexibility index (Phi) is 4.48. The lowest BCUT2D eigenvalue weighted by molar-refractivity contribution is 0.0795. The summed E-state index contributed by atoms with van der Waals surface area (Å²) in [6, 6.07) is 4.53. The minimum atomic E-state index is -3.80. The average molecular weight is 270 g/mol. The fourth-order valence-corrected chi connectivity index (χ4v) is 2.51. The van der Waals surface area contributed by atoms with Crippen LogP contribution in [0.15, 0.2) is 23.1 Å². The summed E-state index contributed by atoms with van der Waals surface area (Å²) >= 11 is 0. The third-order valence-corrected chi connectivity index (χ3v) is 3.70. The van der Waals surface area contributed by atoms with Crippen molar-refractivity contribution >= 4 is 15.9 Å². The Balaban J connectivity index is 3.17. The van der Waals surface area contributed by atoms with Gasteiger partial charge in [-0.2, -0.15) is 0 Å². The zero-order chi connectivity index (χ0) is 13.9. The summed E-state index contributed by atoms with van der Waals surface area (Å²) in [6.07, 6.45) is 0.843. The number of primary sulfonamides is 1. The Hall–Kier alpha value is -1.40. The first-order valence-electron chi connectivity index (χ1n) is 5.66. The molecule has 6 heteroatoms. The summed E-state index contributed by atoms with van der Waals surface area (Å²) in [7, 11) is -2.12. The van der Waals surface area contributed by atoms with Gasteiger partial charge in [0.05, 0.1) is 4.90 Å². The van der Waals surface area contributed by atoms with E-state index in [4.69, 9.17) is 5.14 Å². The molecule has 0 atom stereocenters. The maximum absolute atomic E-state index is 12.0. The highest BCUT2D eigenvalue weighted by Crippen LogP contribution is 2.16. The molecule has 0 fully saturated rings. The average Bonchev–Trinajstić information content (AvgIpc) is 2.27. The van der Waals surface area contributed by atoms with E-state index >= 15 is 0 Å². The first kappa shape index (κ1) is 14.7. The number of nitrogens with two attached hydrogens (primary N) is 1. The van der Waals surface area contributed by atoms with Crippen molar-refractivity contribution in [2.24, 2.45) is 5.14 Å². The normalized spacial score (nSPS) is 11.3. The Bertz CT molecular complexity index is 552. The van der Waals surface area contributed by atoms with Gasteiger partial charge < -0.3 is 4.90 Å². The van der Waals surface area contributed by atoms with Crippen LogP contribution in [-0.2, 0) is 10.0 Å². The molecule has 0 aliphatic rings. The number of sulfonamides is 1. The summed E-state index contributed by atoms with van der Waals surface area (Å²) in [5.74, 6) is -0.207. The van der Waals surface area contributed by atoms with E-state index in [0.717, 1.165) is 6.42 Å². The van der Waals surface area contributed by atoms with E-state index in [1.165, 1.54) is 6.07 Å². The molecule has 0 aliphatic carbocycles. The van der Waals surface area contributed by atoms with Crippen molar-refractivity contribution in [2.45, 2.75) is 25.2 Å². The van der Waals surface area contributed by atoms with Crippen LogP contribution in [0.25, 0.3) is 0 Å². The van der Waals surface area contributed by atoms with Crippen LogP contribution in [0.4, 0.5) is 0 Å². The number of hydrogen-bond donors (Lipinski definition) is 1. The standard InChI is InChI=1S/C12H18N2O3S/c1-4-7-14(3)12(15)10-6-5-9(2)11(8-10)18(13,16)17/h5-6,8H,4,7H2,1-3H3,(H2,13,16,17). The van der Waals surface area contributed by atoms with Crippen LogP contribution >= 0.6 is 0 Å². The van der Waals surface area contributed by atoms with Crippen molar-refractivity contribution in [3.05, 3.63) is 29.3 Å². The monoisotopic (exact) mass is 270 g/mol. The minimum absolute atomic E-state index is 0.00162. The van der Waals surface area contributed by atoms with Crippen molar-refractivity contribution in [3.63, 3.8) is 0 Å². The second-order valence-electron chi connectivity index (χ2n) is 4.25. The van der Waals surface area contributed by atoms with E-state index in [0.29, 0.717) is 17.7 Å². The second-order valence-corrected chi connectivity index (χ2v) is 5.78. The molecule has 1 amide bonds. The van der Waals surface area contributed by atoms with Gasteiger partial charge in [-0.25, -0.2) is 13.6 Å². The van der Waals surface area contributed by atoms with Gasteiger partial charge in [0.25, 0.3) is 5.91 Å². The van der Waals surface area contributed by atoms with E-state index in [-0.39, 0.29) is 10.8 Å². The summed E-state index contributed by atoms with van der Waals surface area (Å²) in [5, 5.41) is 5.11. The van der Waals surface area contributed by atoms with Crippen LogP contribution in [0, 0.1) is 6.92 Å². The Morgan fingerprint density at radius 1 is 1.39 bits per heavy atom. The van der Waals surface area contributed by atoms with Crippen molar-refractivity contribution in [1.29, 1.82) is 0 Å². The quantitative estimate of drug-likeness (QED) is 0.890. The van der Waals surface area contributed by atoms with Crippen LogP contribution in [0.3, 0.4) is 0 Å². The molecule has 1 rings (SSSR count). The topological polar surface area (TPSA) is 80.5 Å². The minimum Gasteiger partial charge on any atom is -0.342 e. The number of carbonyl (C=O) groups excluding carboxylic acids is 1. The highest BCUT2D eigenvalue weighted by atomic mass is 32.2. The summed E-state index contributed by atoms with van der Waals surface area (Å²) in [5.41, 5.74) is 0.868. The molecule has 0 heterocycles. The lowest BCUT2D eigenvalue weighted by Gasteiger charge is -2.16. The van der Waals surface area contributed by atoms with Crippen LogP contribution in [0.1, 0.15) is 29.3 Å². The van der Waals surface area contributed by atoms with Gasteiger partial charge in [-0.1, -0.05) is 13.0 Å². The van der Waals surface area contributed by atoms with Gasteiger partial charge in [0, 0.05) is 19.2 Å². The molecule has 0 aliphatic heterocycles. The fourth-order valence-electron chi connectivity index (χ4n) is 1.70. The highest BCUT2D eigenvalue weighted by Gasteiger charge is 2.17. The van der Waals surface area contributed by atoms with Crippen molar-refractivity contribution in [3.8, 4) is 0 Å². The second kappa shape index (κ2) is 5.49. The molecule has 18 heavy (non-hydrogen) atoms. The molecule has 0 saturated heterocycles. The van der Waals surface area contributed by atoms with Crippen LogP contribution < -0.4 is 5.14 Å². The first-order chi connectivity index (χ1) is 8.27. The Morgan fingerprint density at radius 2 is 2.00 bits per heavy atom. The van der Waals surface area contributed by atoms with Crippen LogP contribution in [-0.4, -0.2) is 32.8 Å². The molecule has 0 bridgehead atoms. The van der Waals surface area contributed by atoms with Crippen molar-refractivity contribution in [1.82, 2.24) is 4.90 Å². The molecule has 2 N–H and O–H groups in total. The van der Waals surface area contributed by atoms with E-state index < -0.39 is 10.0 Å². The summed E-state index contributed by atoms with van der Waals surface area (Å²) in [6.45, 7) is 4.23. The predicted octanol–water partition coefficient (Wildman–Crippen LogP) is 1.12. The molecule has 0 aromatic heterocycles. The molecule has 100 valence electrons. The smallest absolute Gasteiger partial charge is 0.253 e. The number of hydrogen-bond acceptors (Lipinski definition) is 3. The van der Waals surface area contributed by atoms with Gasteiger partial charge in [0.15, 0.2) is 0 Å². The molecular weight excluding hydrogens is 252 g/mol. The van der Waals surface area contributed by atoms with E-state index in [2.05, 4.69) is 0 Å². The number of rotatable bonds is 4. The third-order valence-electron chi connectivity index (χ3n) is 2.65. The molecule has 0 unspecified atom stereocenters. The van der Waals surface area contributed by atoms with Gasteiger partial charge in [-0.05, 0) is 31.0 Å². The predicted molar refractivity (Wildman–Crippen MR) is 69.8 cm³/mol. The van der Waals surface area contributed by atoms with Crippen LogP contribution in [0.5, 0.6) is 0 Å². The summed E-state index contributed by atoms with van der Waals surface area (Å²) < 4.78 is 22.8. The number of amides is 1. The zero-order valence-corrected chi connectivity index (χ0v) is 11.6. The third kappa shape index (κ3) is 3.30. The first-order valence-corrected chi connectivity index (χ1v) is 7.21. The molecule has 5 nitrogen and oxygen atoms in total. The van der Waals surface area contributed by atoms with E-state index in [9.17, 15) is 13.2 Å². The molecule has 0 saturated carbocycles. The number of aryl methyl sites for hydroxylation is 1. The maximum atomic E-state index is 12.0. The molecular formula is C12H18N2O3S. The number of carbonyl (C=O) groups is 1. The van der Waals surface area contributed by atoms with E-state index in [1.807, 2.05) is 6.92 Å². The van der Waals surface area contributed by atoms with E-state index in [1.54, 1.807) is 31.0 Å². The van der Waals surface area contributed by atoms with Crippen molar-refractivity contribution < 1.29 is 13.2 Å². The SMILES string of the molecule is CCCN(C)C(=O)c1ccc(C)c(S(N)(=O)=O)c1. The lowest BCUT2D eigenvalue weighted by atomic mass is 10.1. The van der Waals surface area contributed by atoms with Gasteiger partial charge >= 0.3 is 0 Å². The molecule has 1 aromatic carbocycles. The largest absolute Gasteiger partial charge is 0.342 e. The Morgan fingerprint density at radius 3 is 2.50 bits per heavy atom. The maximum Gasteiger partial charge on any atom is 0.253 e. The summed E-state index contributed by atoms with van der Waals surface area (Å²) in [4.78, 5) is 13.6. The van der Waals surface area contributed by atoms with Gasteiger partial charge in [-0.3, -0.25) is 4.79 Å². The lowest BCUT2D eigenvalue weighted by Crippen LogP contribution is -2.27. The molecule has 0 spiro atoms. The Labute approximate surface area is 108 Å². The molecule has 0 radical (unpaired) electrons. The molecule has 1 aromatic rings. The van der Waals surface area contributed by atoms with Gasteiger partial charge in [0.2, 0.25) is 10.0 Å². The highest BCUT2D eigenvalue weighted by molar-refractivity contribution is 7.89. The zero-order valence-electron chi connectivity index (χ0n) is 10.8. The van der Waals surface area contributed by atoms with Gasteiger partial charge in [-0.15, -0.1) is 0 Å². The number of nitrogens with zero attached hydrogens (tertiary/aromatic N) is 1. The van der Waals surface area contributed by atoms with Gasteiger partial charge in [0.1, 0.15) is 0 Å².